The topological polar surface area (TPSA) is 0 Å². The Labute approximate surface area is 95.8 Å². The summed E-state index contributed by atoms with van der Waals surface area (Å²) in [5, 5.41) is 0. The fourth-order valence-electron chi connectivity index (χ4n) is 2.22. The lowest BCUT2D eigenvalue weighted by atomic mass is 10.5. The quantitative estimate of drug-likeness (QED) is 0.427. The minimum atomic E-state index is -2.65. The van der Waals surface area contributed by atoms with E-state index < -0.39 is 16.8 Å². The lowest BCUT2D eigenvalue weighted by Gasteiger charge is -2.31. The van der Waals surface area contributed by atoms with Crippen molar-refractivity contribution in [1.82, 2.24) is 0 Å². The van der Waals surface area contributed by atoms with Crippen LogP contribution in [0.5, 0.6) is 0 Å². The molecule has 1 unspecified atom stereocenters. The van der Waals surface area contributed by atoms with Crippen molar-refractivity contribution in [1.29, 1.82) is 0 Å². The molecule has 0 heterocycles. The van der Waals surface area contributed by atoms with Crippen molar-refractivity contribution >= 4 is 16.8 Å². The fourth-order valence-corrected chi connectivity index (χ4v) is 8.85. The van der Waals surface area contributed by atoms with Gasteiger partial charge in [0.1, 0.15) is 0 Å². The molecular formula is C11H26F2Si2. The Hall–Kier alpha value is 0.294. The molecule has 0 nitrogen and oxygen atoms in total. The van der Waals surface area contributed by atoms with Crippen molar-refractivity contribution in [3.63, 3.8) is 0 Å². The number of hydrogen-bond acceptors (Lipinski definition) is 0. The van der Waals surface area contributed by atoms with Gasteiger partial charge in [-0.25, -0.2) is 0 Å². The van der Waals surface area contributed by atoms with E-state index in [1.165, 1.54) is 0 Å². The third-order valence-electron chi connectivity index (χ3n) is 4.00. The van der Waals surface area contributed by atoms with Crippen molar-refractivity contribution in [3.8, 4) is 0 Å². The fraction of sp³-hybridized carbons (Fsp3) is 1.00. The predicted molar refractivity (Wildman–Crippen MR) is 69.9 cm³/mol. The van der Waals surface area contributed by atoms with Gasteiger partial charge in [-0.15, -0.1) is 0 Å². The molecule has 0 aromatic rings. The molecule has 0 spiro atoms. The maximum Gasteiger partial charge on any atom is 0.249 e. The van der Waals surface area contributed by atoms with Crippen LogP contribution in [0.4, 0.5) is 8.22 Å². The van der Waals surface area contributed by atoms with E-state index in [4.69, 9.17) is 0 Å². The molecule has 15 heavy (non-hydrogen) atoms. The molecule has 0 aromatic carbocycles. The molecule has 0 fully saturated rings. The van der Waals surface area contributed by atoms with Gasteiger partial charge in [-0.1, -0.05) is 34.6 Å². The molecule has 4 heteroatoms. The van der Waals surface area contributed by atoms with Crippen LogP contribution in [0.15, 0.2) is 0 Å². The van der Waals surface area contributed by atoms with E-state index >= 15 is 0 Å². The zero-order valence-corrected chi connectivity index (χ0v) is 12.9. The first-order valence-corrected chi connectivity index (χ1v) is 11.1. The minimum absolute atomic E-state index is 0.00377. The largest absolute Gasteiger partial charge is 0.314 e. The van der Waals surface area contributed by atoms with E-state index in [9.17, 15) is 8.22 Å². The van der Waals surface area contributed by atoms with Crippen molar-refractivity contribution in [2.45, 2.75) is 70.4 Å². The Kier molecular flexibility index (Phi) is 6.25. The van der Waals surface area contributed by atoms with Gasteiger partial charge in [-0.05, 0) is 35.8 Å². The molecule has 92 valence electrons. The first kappa shape index (κ1) is 15.3. The molecule has 1 atom stereocenters. The third-order valence-corrected chi connectivity index (χ3v) is 12.6. The highest BCUT2D eigenvalue weighted by molar-refractivity contribution is 6.79. The van der Waals surface area contributed by atoms with Gasteiger partial charge in [0.25, 0.3) is 0 Å². The van der Waals surface area contributed by atoms with Gasteiger partial charge in [0, 0.05) is 0 Å². The summed E-state index contributed by atoms with van der Waals surface area (Å²) in [6.45, 7) is 9.62. The molecule has 0 N–H and O–H groups in total. The molecule has 0 rings (SSSR count). The lowest BCUT2D eigenvalue weighted by Crippen LogP contribution is -2.38. The van der Waals surface area contributed by atoms with Crippen LogP contribution >= 0.6 is 0 Å². The maximum atomic E-state index is 14.4. The summed E-state index contributed by atoms with van der Waals surface area (Å²) >= 11 is 0. The molecular weight excluding hydrogens is 226 g/mol. The van der Waals surface area contributed by atoms with E-state index in [1.807, 2.05) is 34.6 Å². The molecule has 0 saturated heterocycles. The van der Waals surface area contributed by atoms with Crippen molar-refractivity contribution in [2.24, 2.45) is 0 Å². The smallest absolute Gasteiger partial charge is 0.249 e. The Balaban J connectivity index is 4.52. The van der Waals surface area contributed by atoms with Gasteiger partial charge in [-0.2, -0.15) is 0 Å². The molecule has 0 bridgehead atoms. The molecule has 0 saturated carbocycles. The Morgan fingerprint density at radius 3 is 1.53 bits per heavy atom. The molecule has 0 aliphatic rings. The summed E-state index contributed by atoms with van der Waals surface area (Å²) < 4.78 is 28.7. The Morgan fingerprint density at radius 1 is 0.867 bits per heavy atom. The number of rotatable bonds is 7. The first-order valence-electron chi connectivity index (χ1n) is 6.25. The molecule has 0 radical (unpaired) electrons. The molecule has 0 amide bonds. The SMILES string of the molecule is CC[Si](F)(CC)CC(C)[Si](F)(CC)CC. The van der Waals surface area contributed by atoms with Gasteiger partial charge >= 0.3 is 0 Å². The highest BCUT2D eigenvalue weighted by atomic mass is 28.4. The van der Waals surface area contributed by atoms with Gasteiger partial charge < -0.3 is 8.22 Å². The molecule has 0 aliphatic heterocycles. The van der Waals surface area contributed by atoms with Gasteiger partial charge in [0.05, 0.1) is 0 Å². The van der Waals surface area contributed by atoms with Gasteiger partial charge in [0.15, 0.2) is 0 Å². The Morgan fingerprint density at radius 2 is 1.27 bits per heavy atom. The summed E-state index contributed by atoms with van der Waals surface area (Å²) in [7, 11) is -5.26. The van der Waals surface area contributed by atoms with Crippen molar-refractivity contribution in [2.75, 3.05) is 0 Å². The summed E-state index contributed by atoms with van der Waals surface area (Å²) in [4.78, 5) is 0. The van der Waals surface area contributed by atoms with Crippen LogP contribution in [0.1, 0.15) is 34.6 Å². The van der Waals surface area contributed by atoms with Crippen LogP contribution in [0.3, 0.4) is 0 Å². The number of halogens is 2. The monoisotopic (exact) mass is 252 g/mol. The zero-order valence-electron chi connectivity index (χ0n) is 10.9. The van der Waals surface area contributed by atoms with E-state index in [1.54, 1.807) is 0 Å². The van der Waals surface area contributed by atoms with Crippen molar-refractivity contribution < 1.29 is 8.22 Å². The van der Waals surface area contributed by atoms with Gasteiger partial charge in [-0.3, -0.25) is 0 Å². The molecule has 0 aromatic heterocycles. The van der Waals surface area contributed by atoms with Crippen LogP contribution in [-0.2, 0) is 0 Å². The summed E-state index contributed by atoms with van der Waals surface area (Å²) in [5.74, 6) is 0. The second-order valence-corrected chi connectivity index (χ2v) is 13.3. The van der Waals surface area contributed by atoms with E-state index in [0.717, 1.165) is 0 Å². The maximum absolute atomic E-state index is 14.4. The average Bonchev–Trinajstić information content (AvgIpc) is 2.27. The Bertz CT molecular complexity index is 177. The minimum Gasteiger partial charge on any atom is -0.314 e. The van der Waals surface area contributed by atoms with E-state index in [-0.39, 0.29) is 5.54 Å². The second-order valence-electron chi connectivity index (χ2n) is 4.70. The van der Waals surface area contributed by atoms with E-state index in [0.29, 0.717) is 30.2 Å². The van der Waals surface area contributed by atoms with Crippen LogP contribution < -0.4 is 0 Å². The van der Waals surface area contributed by atoms with Crippen LogP contribution in [0.2, 0.25) is 35.8 Å². The summed E-state index contributed by atoms with van der Waals surface area (Å²) in [6, 6.07) is 3.12. The van der Waals surface area contributed by atoms with Crippen LogP contribution in [0.25, 0.3) is 0 Å². The first-order chi connectivity index (χ1) is 6.87. The highest BCUT2D eigenvalue weighted by Crippen LogP contribution is 2.39. The lowest BCUT2D eigenvalue weighted by molar-refractivity contribution is 0.675. The third kappa shape index (κ3) is 3.98. The number of hydrogen-bond donors (Lipinski definition) is 0. The standard InChI is InChI=1S/C11H26F2Si2/c1-6-14(12,7-2)10-11(5)15(13,8-3)9-4/h11H,6-10H2,1-5H3. The zero-order chi connectivity index (χ0) is 12.1. The summed E-state index contributed by atoms with van der Waals surface area (Å²) in [6.07, 6.45) is 0. The predicted octanol–water partition coefficient (Wildman–Crippen LogP) is 5.29. The normalized spacial score (nSPS) is 15.4. The van der Waals surface area contributed by atoms with Crippen LogP contribution in [-0.4, -0.2) is 16.8 Å². The average molecular weight is 252 g/mol. The van der Waals surface area contributed by atoms with Crippen LogP contribution in [0, 0.1) is 0 Å². The highest BCUT2D eigenvalue weighted by Gasteiger charge is 2.42. The second kappa shape index (κ2) is 6.13. The summed E-state index contributed by atoms with van der Waals surface area (Å²) in [5.41, 5.74) is 0.00377. The van der Waals surface area contributed by atoms with E-state index in [2.05, 4.69) is 0 Å². The van der Waals surface area contributed by atoms with Crippen molar-refractivity contribution in [3.05, 3.63) is 0 Å². The van der Waals surface area contributed by atoms with Gasteiger partial charge in [0.2, 0.25) is 16.8 Å². The molecule has 0 aliphatic carbocycles.